The highest BCUT2D eigenvalue weighted by Gasteiger charge is 2.65. The number of fused-ring (bicyclic) bond motifs is 1. The second-order valence-electron chi connectivity index (χ2n) is 9.97. The Kier molecular flexibility index (Phi) is 6.94. The Labute approximate surface area is 231 Å². The summed E-state index contributed by atoms with van der Waals surface area (Å²) in [6.07, 6.45) is 2.75. The van der Waals surface area contributed by atoms with E-state index in [4.69, 9.17) is 4.74 Å². The molecule has 16 heteroatoms. The van der Waals surface area contributed by atoms with Gasteiger partial charge in [0, 0.05) is 31.9 Å². The Morgan fingerprint density at radius 1 is 1.17 bits per heavy atom. The minimum atomic E-state index is -9.87. The lowest BCUT2D eigenvalue weighted by Crippen LogP contribution is -2.47. The van der Waals surface area contributed by atoms with Crippen LogP contribution in [0.3, 0.4) is 0 Å². The van der Waals surface area contributed by atoms with E-state index >= 15 is 0 Å². The average Bonchev–Trinajstić information content (AvgIpc) is 3.37. The first kappa shape index (κ1) is 29.0. The van der Waals surface area contributed by atoms with Gasteiger partial charge in [-0.25, -0.2) is 0 Å². The van der Waals surface area contributed by atoms with Crippen LogP contribution in [0.15, 0.2) is 34.0 Å². The molecule has 0 atom stereocenters. The molecule has 2 aliphatic heterocycles. The molecule has 1 amide bonds. The molecule has 1 fully saturated rings. The van der Waals surface area contributed by atoms with Gasteiger partial charge in [-0.2, -0.15) is 9.50 Å². The third-order valence-corrected chi connectivity index (χ3v) is 8.21. The normalized spacial score (nSPS) is 18.1. The fraction of sp³-hybridized carbons (Fsp3) is 0.440. The van der Waals surface area contributed by atoms with Gasteiger partial charge < -0.3 is 24.8 Å². The topological polar surface area (TPSA) is 106 Å². The molecule has 2 aromatic heterocycles. The number of piperazine rings is 1. The Morgan fingerprint density at radius 2 is 1.90 bits per heavy atom. The first-order chi connectivity index (χ1) is 19.2. The van der Waals surface area contributed by atoms with Crippen molar-refractivity contribution in [2.45, 2.75) is 38.1 Å². The molecule has 2 N–H and O–H groups in total. The zero-order chi connectivity index (χ0) is 29.6. The molecule has 0 aliphatic carbocycles. The van der Waals surface area contributed by atoms with Crippen LogP contribution in [0.4, 0.5) is 30.8 Å². The van der Waals surface area contributed by atoms with Crippen LogP contribution in [-0.4, -0.2) is 64.5 Å². The summed E-state index contributed by atoms with van der Waals surface area (Å²) in [5.41, 5.74) is 1.15. The van der Waals surface area contributed by atoms with E-state index in [0.29, 0.717) is 75.5 Å². The Bertz CT molecular complexity index is 1610. The van der Waals surface area contributed by atoms with Crippen molar-refractivity contribution in [3.63, 3.8) is 0 Å². The Balaban J connectivity index is 1.56. The SMILES string of the molecule is CCc1c(N2CCNCC2)c(=O)n2nc(C3=CCOCC3)nc2n1CC(=O)Nc1ccc(S(F)(F)(F)(F)F)cc1C. The molecule has 1 aromatic carbocycles. The fourth-order valence-corrected chi connectivity index (χ4v) is 5.76. The van der Waals surface area contributed by atoms with Crippen LogP contribution in [0.5, 0.6) is 0 Å². The van der Waals surface area contributed by atoms with E-state index < -0.39 is 21.0 Å². The quantitative estimate of drug-likeness (QED) is 0.389. The molecular weight excluding hydrogens is 573 g/mol. The zero-order valence-corrected chi connectivity index (χ0v) is 23.2. The van der Waals surface area contributed by atoms with Crippen molar-refractivity contribution < 1.29 is 29.0 Å². The highest BCUT2D eigenvalue weighted by molar-refractivity contribution is 8.45. The Morgan fingerprint density at radius 3 is 2.51 bits per heavy atom. The van der Waals surface area contributed by atoms with E-state index in [9.17, 15) is 29.0 Å². The van der Waals surface area contributed by atoms with Crippen LogP contribution < -0.4 is 21.1 Å². The summed E-state index contributed by atoms with van der Waals surface area (Å²) in [5.74, 6) is -0.174. The Hall–Kier alpha value is -3.50. The number of aromatic nitrogens is 4. The van der Waals surface area contributed by atoms with Gasteiger partial charge in [0.25, 0.3) is 5.56 Å². The maximum atomic E-state index is 13.7. The number of amides is 1. The molecule has 0 unspecified atom stereocenters. The van der Waals surface area contributed by atoms with Gasteiger partial charge in [0.05, 0.1) is 18.9 Å². The van der Waals surface area contributed by atoms with E-state index in [-0.39, 0.29) is 35.2 Å². The molecule has 10 nitrogen and oxygen atoms in total. The molecule has 224 valence electrons. The van der Waals surface area contributed by atoms with Crippen molar-refractivity contribution in [2.75, 3.05) is 49.6 Å². The molecule has 3 aromatic rings. The number of rotatable bonds is 7. The first-order valence-corrected chi connectivity index (χ1v) is 15.0. The second kappa shape index (κ2) is 9.80. The van der Waals surface area contributed by atoms with Crippen molar-refractivity contribution in [3.05, 3.63) is 51.7 Å². The number of hydrogen-bond acceptors (Lipinski definition) is 7. The van der Waals surface area contributed by atoms with E-state index in [2.05, 4.69) is 20.7 Å². The van der Waals surface area contributed by atoms with Gasteiger partial charge >= 0.3 is 10.2 Å². The maximum absolute atomic E-state index is 13.7. The van der Waals surface area contributed by atoms with Gasteiger partial charge in [-0.15, -0.1) is 5.10 Å². The monoisotopic (exact) mass is 603 g/mol. The maximum Gasteiger partial charge on any atom is 0.310 e. The molecular formula is C25H30F5N7O3S. The molecule has 41 heavy (non-hydrogen) atoms. The van der Waals surface area contributed by atoms with Crippen LogP contribution >= 0.6 is 10.2 Å². The lowest BCUT2D eigenvalue weighted by molar-refractivity contribution is -0.116. The smallest absolute Gasteiger partial charge is 0.310 e. The molecule has 0 radical (unpaired) electrons. The third kappa shape index (κ3) is 5.94. The van der Waals surface area contributed by atoms with Crippen molar-refractivity contribution in [1.82, 2.24) is 24.5 Å². The van der Waals surface area contributed by atoms with Crippen LogP contribution in [0.1, 0.15) is 30.4 Å². The van der Waals surface area contributed by atoms with Gasteiger partial charge in [-0.3, -0.25) is 9.59 Å². The molecule has 4 heterocycles. The first-order valence-electron chi connectivity index (χ1n) is 13.1. The van der Waals surface area contributed by atoms with Gasteiger partial charge in [-0.1, -0.05) is 32.4 Å². The molecule has 5 rings (SSSR count). The summed E-state index contributed by atoms with van der Waals surface area (Å²) in [6.45, 7) is 5.97. The fourth-order valence-electron chi connectivity index (χ4n) is 5.03. The van der Waals surface area contributed by atoms with Crippen molar-refractivity contribution in [1.29, 1.82) is 0 Å². The van der Waals surface area contributed by atoms with Gasteiger partial charge in [0.1, 0.15) is 17.1 Å². The number of carbonyl (C=O) groups is 1. The summed E-state index contributed by atoms with van der Waals surface area (Å²) in [4.78, 5) is 31.5. The van der Waals surface area contributed by atoms with E-state index in [1.165, 1.54) is 11.4 Å². The lowest BCUT2D eigenvalue weighted by Gasteiger charge is -2.40. The van der Waals surface area contributed by atoms with Gasteiger partial charge in [0.2, 0.25) is 11.7 Å². The number of anilines is 2. The van der Waals surface area contributed by atoms with Crippen LogP contribution in [0, 0.1) is 6.92 Å². The summed E-state index contributed by atoms with van der Waals surface area (Å²) in [5, 5.41) is 10.2. The number of ether oxygens (including phenoxy) is 1. The molecule has 0 bridgehead atoms. The predicted molar refractivity (Wildman–Crippen MR) is 146 cm³/mol. The molecule has 1 saturated heterocycles. The number of hydrogen-bond donors (Lipinski definition) is 2. The predicted octanol–water partition coefficient (Wildman–Crippen LogP) is 4.27. The summed E-state index contributed by atoms with van der Waals surface area (Å²) in [7, 11) is -9.87. The number of nitrogens with zero attached hydrogens (tertiary/aromatic N) is 5. The minimum absolute atomic E-state index is 0.0486. The summed E-state index contributed by atoms with van der Waals surface area (Å²) < 4.78 is 74.4. The van der Waals surface area contributed by atoms with Crippen LogP contribution in [0.25, 0.3) is 11.4 Å². The van der Waals surface area contributed by atoms with Gasteiger partial charge in [0.15, 0.2) is 5.82 Å². The number of benzene rings is 1. The minimum Gasteiger partial charge on any atom is -0.377 e. The second-order valence-corrected chi connectivity index (χ2v) is 12.4. The number of carbonyl (C=O) groups excluding carboxylic acids is 1. The van der Waals surface area contributed by atoms with Crippen LogP contribution in [0.2, 0.25) is 0 Å². The molecule has 0 spiro atoms. The number of halogens is 5. The highest BCUT2D eigenvalue weighted by Crippen LogP contribution is 3.02. The van der Waals surface area contributed by atoms with Crippen molar-refractivity contribution in [2.24, 2.45) is 0 Å². The summed E-state index contributed by atoms with van der Waals surface area (Å²) >= 11 is 0. The highest BCUT2D eigenvalue weighted by atomic mass is 32.5. The number of nitrogens with one attached hydrogen (secondary N) is 2. The molecule has 2 aliphatic rings. The van der Waals surface area contributed by atoms with Gasteiger partial charge in [-0.05, 0) is 49.1 Å². The van der Waals surface area contributed by atoms with E-state index in [1.807, 2.05) is 17.9 Å². The van der Waals surface area contributed by atoms with Crippen molar-refractivity contribution >= 4 is 38.9 Å². The van der Waals surface area contributed by atoms with E-state index in [1.54, 1.807) is 4.57 Å². The summed E-state index contributed by atoms with van der Waals surface area (Å²) in [6, 6.07) is 1.39. The standard InChI is InChI=1S/C25H30F5N7O3S/c1-3-20-22(35-10-8-31-9-11-35)24(39)37-25(33-23(34-37)17-6-12-40-13-7-17)36(20)15-21(38)32-19-5-4-18(14-16(19)2)41(26,27,28,29)30/h4-6,14,31H,3,7-13,15H2,1-2H3,(H,32,38). The van der Waals surface area contributed by atoms with Crippen molar-refractivity contribution in [3.8, 4) is 0 Å². The van der Waals surface area contributed by atoms with Crippen LogP contribution in [-0.2, 0) is 22.5 Å². The lowest BCUT2D eigenvalue weighted by atomic mass is 10.1. The molecule has 0 saturated carbocycles. The third-order valence-electron chi connectivity index (χ3n) is 7.06. The zero-order valence-electron chi connectivity index (χ0n) is 22.4. The largest absolute Gasteiger partial charge is 0.377 e. The average molecular weight is 604 g/mol. The van der Waals surface area contributed by atoms with E-state index in [0.717, 1.165) is 11.6 Å². The number of aryl methyl sites for hydroxylation is 1.